The summed E-state index contributed by atoms with van der Waals surface area (Å²) in [4.78, 5) is 63.0. The number of amides is 4. The quantitative estimate of drug-likeness (QED) is 0.510. The van der Waals surface area contributed by atoms with Crippen molar-refractivity contribution in [2.45, 2.75) is 26.7 Å². The Labute approximate surface area is 191 Å². The van der Waals surface area contributed by atoms with E-state index >= 15 is 0 Å². The van der Waals surface area contributed by atoms with Crippen molar-refractivity contribution in [3.8, 4) is 0 Å². The van der Waals surface area contributed by atoms with Crippen molar-refractivity contribution in [1.29, 1.82) is 0 Å². The summed E-state index contributed by atoms with van der Waals surface area (Å²) in [5.41, 5.74) is 2.90. The third kappa shape index (κ3) is 5.62. The van der Waals surface area contributed by atoms with Crippen LogP contribution in [-0.2, 0) is 23.9 Å². The molecular formula is C24H25N3O6. The molecule has 33 heavy (non-hydrogen) atoms. The molecule has 1 heterocycles. The number of likely N-dealkylation sites (N-methyl/N-ethyl adjacent to an activating group) is 1. The first-order valence-corrected chi connectivity index (χ1v) is 10.4. The first-order valence-electron chi connectivity index (χ1n) is 10.4. The summed E-state index contributed by atoms with van der Waals surface area (Å²) in [6.07, 6.45) is 0.261. The van der Waals surface area contributed by atoms with Crippen molar-refractivity contribution in [2.75, 3.05) is 30.4 Å². The highest BCUT2D eigenvalue weighted by Gasteiger charge is 2.30. The van der Waals surface area contributed by atoms with Gasteiger partial charge in [0.2, 0.25) is 17.7 Å². The van der Waals surface area contributed by atoms with E-state index in [4.69, 9.17) is 4.74 Å². The van der Waals surface area contributed by atoms with Crippen LogP contribution in [0.15, 0.2) is 42.5 Å². The van der Waals surface area contributed by atoms with Gasteiger partial charge < -0.3 is 15.0 Å². The number of aryl methyl sites for hydroxylation is 2. The number of hydrogen-bond acceptors (Lipinski definition) is 6. The Kier molecular flexibility index (Phi) is 7.22. The van der Waals surface area contributed by atoms with Crippen LogP contribution in [0.2, 0.25) is 0 Å². The summed E-state index contributed by atoms with van der Waals surface area (Å²) >= 11 is 0. The minimum atomic E-state index is -0.780. The number of hydrogen-bond donors (Lipinski definition) is 1. The SMILES string of the molecule is Cc1cccc(C)c1NC(=O)CN(C)C(=O)COC(=O)c1cccc(N2C(=O)CCC2=O)c1. The van der Waals surface area contributed by atoms with Crippen LogP contribution in [-0.4, -0.2) is 54.7 Å². The predicted octanol–water partition coefficient (Wildman–Crippen LogP) is 2.21. The van der Waals surface area contributed by atoms with Gasteiger partial charge in [0.25, 0.3) is 5.91 Å². The molecule has 0 radical (unpaired) electrons. The Hall–Kier alpha value is -4.01. The predicted molar refractivity (Wildman–Crippen MR) is 121 cm³/mol. The molecule has 0 unspecified atom stereocenters. The molecule has 2 aromatic rings. The van der Waals surface area contributed by atoms with Gasteiger partial charge in [0.1, 0.15) is 0 Å². The van der Waals surface area contributed by atoms with Crippen LogP contribution >= 0.6 is 0 Å². The smallest absolute Gasteiger partial charge is 0.338 e. The van der Waals surface area contributed by atoms with Gasteiger partial charge >= 0.3 is 5.97 Å². The molecule has 0 aromatic heterocycles. The molecule has 0 bridgehead atoms. The monoisotopic (exact) mass is 451 g/mol. The number of benzene rings is 2. The molecule has 4 amide bonds. The third-order valence-corrected chi connectivity index (χ3v) is 5.27. The molecule has 2 aromatic carbocycles. The van der Waals surface area contributed by atoms with Crippen molar-refractivity contribution < 1.29 is 28.7 Å². The van der Waals surface area contributed by atoms with Gasteiger partial charge in [-0.3, -0.25) is 24.1 Å². The van der Waals surface area contributed by atoms with Crippen LogP contribution in [0.3, 0.4) is 0 Å². The minimum Gasteiger partial charge on any atom is -0.452 e. The van der Waals surface area contributed by atoms with E-state index in [1.54, 1.807) is 6.07 Å². The summed E-state index contributed by atoms with van der Waals surface area (Å²) < 4.78 is 5.07. The summed E-state index contributed by atoms with van der Waals surface area (Å²) in [5, 5.41) is 2.79. The maximum atomic E-state index is 12.4. The molecule has 0 saturated carbocycles. The van der Waals surface area contributed by atoms with Gasteiger partial charge in [-0.15, -0.1) is 0 Å². The van der Waals surface area contributed by atoms with Crippen LogP contribution in [0.4, 0.5) is 11.4 Å². The van der Waals surface area contributed by atoms with Crippen LogP contribution in [0.1, 0.15) is 34.3 Å². The van der Waals surface area contributed by atoms with Gasteiger partial charge in [-0.2, -0.15) is 0 Å². The Morgan fingerprint density at radius 2 is 1.61 bits per heavy atom. The van der Waals surface area contributed by atoms with Crippen molar-refractivity contribution >= 4 is 41.0 Å². The summed E-state index contributed by atoms with van der Waals surface area (Å²) in [5.74, 6) is -2.37. The van der Waals surface area contributed by atoms with E-state index in [0.29, 0.717) is 5.69 Å². The first kappa shape index (κ1) is 23.6. The number of esters is 1. The van der Waals surface area contributed by atoms with Crippen LogP contribution in [0, 0.1) is 13.8 Å². The number of nitrogens with one attached hydrogen (secondary N) is 1. The number of nitrogens with zero attached hydrogens (tertiary/aromatic N) is 2. The van der Waals surface area contributed by atoms with Gasteiger partial charge in [0.05, 0.1) is 17.8 Å². The van der Waals surface area contributed by atoms with E-state index in [-0.39, 0.29) is 48.4 Å². The second-order valence-electron chi connectivity index (χ2n) is 7.81. The number of ether oxygens (including phenoxy) is 1. The highest BCUT2D eigenvalue weighted by Crippen LogP contribution is 2.23. The molecule has 9 heteroatoms. The van der Waals surface area contributed by atoms with Gasteiger partial charge in [-0.1, -0.05) is 24.3 Å². The lowest BCUT2D eigenvalue weighted by molar-refractivity contribution is -0.136. The van der Waals surface area contributed by atoms with E-state index < -0.39 is 18.5 Å². The highest BCUT2D eigenvalue weighted by molar-refractivity contribution is 6.20. The first-order chi connectivity index (χ1) is 15.7. The molecular weight excluding hydrogens is 426 g/mol. The highest BCUT2D eigenvalue weighted by atomic mass is 16.5. The molecule has 1 saturated heterocycles. The number of para-hydroxylation sites is 1. The Morgan fingerprint density at radius 1 is 1.00 bits per heavy atom. The van der Waals surface area contributed by atoms with E-state index in [1.807, 2.05) is 32.0 Å². The molecule has 9 nitrogen and oxygen atoms in total. The average molecular weight is 451 g/mol. The third-order valence-electron chi connectivity index (χ3n) is 5.27. The fourth-order valence-electron chi connectivity index (χ4n) is 3.45. The van der Waals surface area contributed by atoms with Crippen molar-refractivity contribution in [3.63, 3.8) is 0 Å². The zero-order valence-electron chi connectivity index (χ0n) is 18.7. The fraction of sp³-hybridized carbons (Fsp3) is 0.292. The van der Waals surface area contributed by atoms with Gasteiger partial charge in [0, 0.05) is 25.6 Å². The lowest BCUT2D eigenvalue weighted by Crippen LogP contribution is -2.37. The molecule has 1 aliphatic rings. The number of imide groups is 1. The zero-order valence-corrected chi connectivity index (χ0v) is 18.7. The molecule has 0 atom stereocenters. The maximum Gasteiger partial charge on any atom is 0.338 e. The molecule has 1 fully saturated rings. The molecule has 172 valence electrons. The minimum absolute atomic E-state index is 0.100. The molecule has 0 aliphatic carbocycles. The number of carbonyl (C=O) groups is 5. The Bertz CT molecular complexity index is 1090. The molecule has 1 aliphatic heterocycles. The van der Waals surface area contributed by atoms with Crippen LogP contribution in [0.25, 0.3) is 0 Å². The molecule has 1 N–H and O–H groups in total. The topological polar surface area (TPSA) is 113 Å². The number of rotatable bonds is 7. The Morgan fingerprint density at radius 3 is 2.24 bits per heavy atom. The van der Waals surface area contributed by atoms with E-state index in [2.05, 4.69) is 5.32 Å². The maximum absolute atomic E-state index is 12.4. The standard InChI is InChI=1S/C24H25N3O6/c1-15-6-4-7-16(2)23(15)25-19(28)13-26(3)22(31)14-33-24(32)17-8-5-9-18(12-17)27-20(29)10-11-21(27)30/h4-9,12H,10-11,13-14H2,1-3H3,(H,25,28). The average Bonchev–Trinajstić information content (AvgIpc) is 3.12. The van der Waals surface area contributed by atoms with E-state index in [9.17, 15) is 24.0 Å². The zero-order chi connectivity index (χ0) is 24.1. The number of anilines is 2. The van der Waals surface area contributed by atoms with Crippen molar-refractivity contribution in [3.05, 3.63) is 59.2 Å². The van der Waals surface area contributed by atoms with Gasteiger partial charge in [-0.25, -0.2) is 4.79 Å². The van der Waals surface area contributed by atoms with Crippen LogP contribution < -0.4 is 10.2 Å². The second-order valence-corrected chi connectivity index (χ2v) is 7.81. The molecule has 3 rings (SSSR count). The normalized spacial score (nSPS) is 13.1. The van der Waals surface area contributed by atoms with E-state index in [0.717, 1.165) is 20.9 Å². The van der Waals surface area contributed by atoms with Gasteiger partial charge in [0.15, 0.2) is 6.61 Å². The lowest BCUT2D eigenvalue weighted by atomic mass is 10.1. The molecule has 0 spiro atoms. The van der Waals surface area contributed by atoms with E-state index in [1.165, 1.54) is 25.2 Å². The van der Waals surface area contributed by atoms with Crippen molar-refractivity contribution in [1.82, 2.24) is 4.90 Å². The number of carbonyl (C=O) groups excluding carboxylic acids is 5. The second kappa shape index (κ2) is 10.1. The summed E-state index contributed by atoms with van der Waals surface area (Å²) in [6.45, 7) is 2.99. The fourth-order valence-corrected chi connectivity index (χ4v) is 3.45. The summed E-state index contributed by atoms with van der Waals surface area (Å²) in [6, 6.07) is 11.5. The largest absolute Gasteiger partial charge is 0.452 e. The van der Waals surface area contributed by atoms with Crippen LogP contribution in [0.5, 0.6) is 0 Å². The van der Waals surface area contributed by atoms with Crippen molar-refractivity contribution in [2.24, 2.45) is 0 Å². The van der Waals surface area contributed by atoms with Gasteiger partial charge in [-0.05, 0) is 43.2 Å². The Balaban J connectivity index is 1.54. The summed E-state index contributed by atoms with van der Waals surface area (Å²) in [7, 11) is 1.44. The lowest BCUT2D eigenvalue weighted by Gasteiger charge is -2.18.